The van der Waals surface area contributed by atoms with Crippen LogP contribution in [-0.4, -0.2) is 219 Å². The Morgan fingerprint density at radius 2 is 0.0488 bits per heavy atom. The Morgan fingerprint density at radius 3 is 0.0488 bits per heavy atom. The van der Waals surface area contributed by atoms with E-state index in [4.69, 9.17) is 0 Å². The van der Waals surface area contributed by atoms with Crippen LogP contribution in [0, 0.1) is 35.6 Å². The molecule has 0 aromatic rings. The van der Waals surface area contributed by atoms with Gasteiger partial charge in [-0.05, 0) is 0 Å². The van der Waals surface area contributed by atoms with Gasteiger partial charge in [-0.2, -0.15) is 0 Å². The first-order valence-corrected chi connectivity index (χ1v) is 0. The average molecular weight is 860 g/mol. The molecule has 41 heavy (non-hydrogen) atoms. The van der Waals surface area contributed by atoms with Crippen LogP contribution in [0.1, 0.15) is 0 Å². The third-order valence-electron chi connectivity index (χ3n) is 0. The zero-order chi connectivity index (χ0) is 0. The summed E-state index contributed by atoms with van der Waals surface area (Å²) < 4.78 is 0. The third-order valence-corrected chi connectivity index (χ3v) is 0. The first-order chi connectivity index (χ1) is 0. The summed E-state index contributed by atoms with van der Waals surface area (Å²) in [6.45, 7) is 0. The molecule has 0 atom stereocenters. The maximum absolute atomic E-state index is 0. The Balaban J connectivity index is 0. The molecule has 41 heteroatoms. The van der Waals surface area contributed by atoms with Crippen LogP contribution in [-0.2, 0) is 0 Å². The van der Waals surface area contributed by atoms with E-state index in [9.17, 15) is 0 Å². The Kier molecular flexibility index (Phi) is 3400000000. The van der Waals surface area contributed by atoms with Crippen molar-refractivity contribution in [3.05, 3.63) is 0 Å². The molecule has 0 bridgehead atoms. The summed E-state index contributed by atoms with van der Waals surface area (Å²) in [6, 6.07) is 0. The fourth-order valence-corrected chi connectivity index (χ4v) is 0. The van der Waals surface area contributed by atoms with Crippen molar-refractivity contribution in [1.82, 2.24) is 0 Å². The largest absolute Gasteiger partial charge is 0.412 e. The van der Waals surface area contributed by atoms with Gasteiger partial charge in [0.25, 0.3) is 0 Å². The SMILES string of the molecule is O.O.O.O.O.O.O.O.O.O.O.O.O.O.O.O.O.O.O.O.O.O.O.O.O.O.O.O.O.O.O.O.O.O.O.O.O.O.O.O.[La]. The van der Waals surface area contributed by atoms with Crippen LogP contribution in [0.25, 0.3) is 0 Å². The summed E-state index contributed by atoms with van der Waals surface area (Å²) in [5, 5.41) is 0. The Hall–Kier alpha value is -0.405. The molecule has 0 aliphatic carbocycles. The van der Waals surface area contributed by atoms with Crippen LogP contribution in [0.5, 0.6) is 0 Å². The van der Waals surface area contributed by atoms with E-state index in [1.807, 2.05) is 0 Å². The first-order valence-electron chi connectivity index (χ1n) is 0. The second kappa shape index (κ2) is 359000. The molecule has 323 valence electrons. The van der Waals surface area contributed by atoms with Crippen LogP contribution in [0.4, 0.5) is 0 Å². The molecule has 0 amide bonds. The molecule has 0 fully saturated rings. The minimum Gasteiger partial charge on any atom is -0.412 e. The summed E-state index contributed by atoms with van der Waals surface area (Å²) in [7, 11) is 0. The van der Waals surface area contributed by atoms with Crippen LogP contribution in [0.2, 0.25) is 0 Å². The fourth-order valence-electron chi connectivity index (χ4n) is 0. The van der Waals surface area contributed by atoms with E-state index in [0.29, 0.717) is 0 Å². The quantitative estimate of drug-likeness (QED) is 0.219. The van der Waals surface area contributed by atoms with E-state index < -0.39 is 0 Å². The van der Waals surface area contributed by atoms with Crippen molar-refractivity contribution in [2.45, 2.75) is 0 Å². The van der Waals surface area contributed by atoms with Gasteiger partial charge in [0.1, 0.15) is 0 Å². The molecule has 0 saturated heterocycles. The molecule has 0 unspecified atom stereocenters. The molecule has 0 saturated carbocycles. The van der Waals surface area contributed by atoms with Gasteiger partial charge in [-0.25, -0.2) is 0 Å². The molecule has 1 radical (unpaired) electrons. The average Bonchev–Trinajstić information content (AvgIpc) is 0. The van der Waals surface area contributed by atoms with E-state index in [-0.39, 0.29) is 255 Å². The summed E-state index contributed by atoms with van der Waals surface area (Å²) >= 11 is 0. The molecule has 80 N–H and O–H groups in total. The zero-order valence-corrected chi connectivity index (χ0v) is 24.2. The van der Waals surface area contributed by atoms with Crippen LogP contribution < -0.4 is 0 Å². The summed E-state index contributed by atoms with van der Waals surface area (Å²) in [5.74, 6) is 0. The van der Waals surface area contributed by atoms with Crippen LogP contribution >= 0.6 is 0 Å². The zero-order valence-electron chi connectivity index (χ0n) is 20.6. The van der Waals surface area contributed by atoms with Gasteiger partial charge in [-0.15, -0.1) is 0 Å². The normalized spacial score (nSPS) is 0. The van der Waals surface area contributed by atoms with E-state index in [0.717, 1.165) is 0 Å². The minimum absolute atomic E-state index is 0. The molecule has 40 nitrogen and oxygen atoms in total. The summed E-state index contributed by atoms with van der Waals surface area (Å²) in [6.07, 6.45) is 0. The predicted molar refractivity (Wildman–Crippen MR) is 145 cm³/mol. The molecule has 0 aliphatic heterocycles. The molecule has 0 aromatic carbocycles. The second-order valence-electron chi connectivity index (χ2n) is 0. The fraction of sp³-hybridized carbons (Fsp3) is 0. The van der Waals surface area contributed by atoms with Gasteiger partial charge >= 0.3 is 0 Å². The van der Waals surface area contributed by atoms with Gasteiger partial charge in [0, 0.05) is 35.6 Å². The third kappa shape index (κ3) is 341000. The van der Waals surface area contributed by atoms with E-state index in [1.165, 1.54) is 0 Å². The van der Waals surface area contributed by atoms with Gasteiger partial charge in [0.05, 0.1) is 0 Å². The van der Waals surface area contributed by atoms with Gasteiger partial charge in [0.2, 0.25) is 0 Å². The monoisotopic (exact) mass is 859 g/mol. The van der Waals surface area contributed by atoms with E-state index >= 15 is 0 Å². The van der Waals surface area contributed by atoms with Crippen molar-refractivity contribution in [2.24, 2.45) is 0 Å². The van der Waals surface area contributed by atoms with Gasteiger partial charge < -0.3 is 219 Å². The molecular formula is H80LaO40. The molecule has 0 spiro atoms. The maximum atomic E-state index is 0. The Labute approximate surface area is 255 Å². The smallest absolute Gasteiger partial charge is 0 e. The molecule has 0 heterocycles. The topological polar surface area (TPSA) is 1260 Å². The van der Waals surface area contributed by atoms with Gasteiger partial charge in [-0.1, -0.05) is 0 Å². The van der Waals surface area contributed by atoms with E-state index in [2.05, 4.69) is 0 Å². The first kappa shape index (κ1) is 388000. The maximum Gasteiger partial charge on any atom is 0 e. The predicted octanol–water partition coefficient (Wildman–Crippen LogP) is -33.0. The van der Waals surface area contributed by atoms with Crippen LogP contribution in [0.15, 0.2) is 0 Å². The number of rotatable bonds is 0. The molecule has 0 aromatic heterocycles. The van der Waals surface area contributed by atoms with Crippen molar-refractivity contribution >= 4 is 0 Å². The molecule has 0 rings (SSSR count). The molecule has 0 aliphatic rings. The standard InChI is InChI=1S/La.40H2O/h;40*1H2. The van der Waals surface area contributed by atoms with Gasteiger partial charge in [0.15, 0.2) is 0 Å². The van der Waals surface area contributed by atoms with Gasteiger partial charge in [-0.3, -0.25) is 0 Å². The number of hydrogen-bond donors (Lipinski definition) is 0. The van der Waals surface area contributed by atoms with Crippen molar-refractivity contribution in [2.75, 3.05) is 0 Å². The van der Waals surface area contributed by atoms with Crippen molar-refractivity contribution in [3.63, 3.8) is 0 Å². The summed E-state index contributed by atoms with van der Waals surface area (Å²) in [4.78, 5) is 0. The Morgan fingerprint density at radius 1 is 0.0488 bits per heavy atom. The number of hydrogen-bond acceptors (Lipinski definition) is 0. The Bertz CT molecular complexity index is 6.78. The van der Waals surface area contributed by atoms with Crippen LogP contribution in [0.3, 0.4) is 0 Å². The van der Waals surface area contributed by atoms with E-state index in [1.54, 1.807) is 0 Å². The van der Waals surface area contributed by atoms with Crippen molar-refractivity contribution in [3.8, 4) is 0 Å². The van der Waals surface area contributed by atoms with Crippen molar-refractivity contribution < 1.29 is 255 Å². The van der Waals surface area contributed by atoms with Crippen molar-refractivity contribution in [1.29, 1.82) is 0 Å². The second-order valence-corrected chi connectivity index (χ2v) is 0. The minimum atomic E-state index is 0. The molecular weight excluding hydrogens is 779 g/mol. The summed E-state index contributed by atoms with van der Waals surface area (Å²) in [5.41, 5.74) is 0.